The van der Waals surface area contributed by atoms with Gasteiger partial charge in [0.05, 0.1) is 11.5 Å². The highest BCUT2D eigenvalue weighted by Gasteiger charge is 2.39. The first-order chi connectivity index (χ1) is 14.5. The first-order valence-corrected chi connectivity index (χ1v) is 11.9. The standard InChI is InChI=1S/C23H31NO4S2/c1-3-5-6-7-8-9-15-28-18-13-11-17(12-14-18)16-20-21(25)24(23(29)30-20)19(10-4-2)22(26)27/h11-14,16,19H,3-10,15H2,1-2H3,(H,26,27)/b20-16-/t19-/m0/s1. The molecule has 1 saturated heterocycles. The zero-order valence-electron chi connectivity index (χ0n) is 17.8. The van der Waals surface area contributed by atoms with E-state index in [-0.39, 0.29) is 5.91 Å². The molecule has 1 N–H and O–H groups in total. The molecule has 2 rings (SSSR count). The van der Waals surface area contributed by atoms with Gasteiger partial charge in [0.1, 0.15) is 16.1 Å². The van der Waals surface area contributed by atoms with Crippen LogP contribution in [-0.2, 0) is 9.59 Å². The second kappa shape index (κ2) is 12.7. The molecule has 0 spiro atoms. The molecule has 1 atom stereocenters. The largest absolute Gasteiger partial charge is 0.494 e. The number of amides is 1. The Hall–Kier alpha value is -1.86. The van der Waals surface area contributed by atoms with Crippen molar-refractivity contribution in [2.45, 2.75) is 71.3 Å². The van der Waals surface area contributed by atoms with Gasteiger partial charge in [-0.15, -0.1) is 0 Å². The number of unbranched alkanes of at least 4 members (excludes halogenated alkanes) is 5. The Morgan fingerprint density at radius 3 is 2.43 bits per heavy atom. The Labute approximate surface area is 188 Å². The van der Waals surface area contributed by atoms with Crippen LogP contribution in [0.2, 0.25) is 0 Å². The van der Waals surface area contributed by atoms with Crippen molar-refractivity contribution in [1.29, 1.82) is 0 Å². The third kappa shape index (κ3) is 7.13. The van der Waals surface area contributed by atoms with E-state index < -0.39 is 12.0 Å². The molecule has 164 valence electrons. The Morgan fingerprint density at radius 1 is 1.13 bits per heavy atom. The maximum Gasteiger partial charge on any atom is 0.326 e. The summed E-state index contributed by atoms with van der Waals surface area (Å²) in [5.74, 6) is -0.558. The number of nitrogens with zero attached hydrogens (tertiary/aromatic N) is 1. The van der Waals surface area contributed by atoms with E-state index in [9.17, 15) is 14.7 Å². The highest BCUT2D eigenvalue weighted by Crippen LogP contribution is 2.35. The number of carboxylic acids is 1. The minimum Gasteiger partial charge on any atom is -0.494 e. The van der Waals surface area contributed by atoms with E-state index >= 15 is 0 Å². The summed E-state index contributed by atoms with van der Waals surface area (Å²) >= 11 is 6.43. The van der Waals surface area contributed by atoms with E-state index in [1.807, 2.05) is 31.2 Å². The molecule has 5 nitrogen and oxygen atoms in total. The molecule has 1 heterocycles. The molecule has 7 heteroatoms. The lowest BCUT2D eigenvalue weighted by Gasteiger charge is -2.22. The third-order valence-corrected chi connectivity index (χ3v) is 6.26. The maximum atomic E-state index is 12.7. The highest BCUT2D eigenvalue weighted by atomic mass is 32.2. The van der Waals surface area contributed by atoms with Gasteiger partial charge in [0.25, 0.3) is 5.91 Å². The van der Waals surface area contributed by atoms with Crippen molar-refractivity contribution in [3.63, 3.8) is 0 Å². The molecule has 1 aliphatic rings. The SMILES string of the molecule is CCCCCCCCOc1ccc(/C=C2\SC(=S)N([C@@H](CCC)C(=O)O)C2=O)cc1. The summed E-state index contributed by atoms with van der Waals surface area (Å²) < 4.78 is 6.09. The van der Waals surface area contributed by atoms with Gasteiger partial charge in [0.15, 0.2) is 0 Å². The summed E-state index contributed by atoms with van der Waals surface area (Å²) in [5, 5.41) is 9.45. The number of hydrogen-bond donors (Lipinski definition) is 1. The monoisotopic (exact) mass is 449 g/mol. The zero-order chi connectivity index (χ0) is 21.9. The van der Waals surface area contributed by atoms with E-state index in [0.29, 0.717) is 28.7 Å². The van der Waals surface area contributed by atoms with Crippen LogP contribution in [-0.4, -0.2) is 38.9 Å². The molecule has 0 radical (unpaired) electrons. The molecule has 0 unspecified atom stereocenters. The van der Waals surface area contributed by atoms with Crippen molar-refractivity contribution in [2.75, 3.05) is 6.61 Å². The van der Waals surface area contributed by atoms with Gasteiger partial charge in [-0.3, -0.25) is 9.69 Å². The predicted octanol–water partition coefficient (Wildman–Crippen LogP) is 5.88. The van der Waals surface area contributed by atoms with Crippen LogP contribution in [0.1, 0.15) is 70.8 Å². The van der Waals surface area contributed by atoms with Crippen LogP contribution in [0.15, 0.2) is 29.2 Å². The summed E-state index contributed by atoms with van der Waals surface area (Å²) in [6.45, 7) is 4.81. The first-order valence-electron chi connectivity index (χ1n) is 10.7. The Morgan fingerprint density at radius 2 is 1.80 bits per heavy atom. The summed E-state index contributed by atoms with van der Waals surface area (Å²) in [6, 6.07) is 6.65. The Kier molecular flexibility index (Phi) is 10.4. The molecule has 1 aromatic carbocycles. The number of hydrogen-bond acceptors (Lipinski definition) is 5. The fraction of sp³-hybridized carbons (Fsp3) is 0.522. The number of ether oxygens (including phenoxy) is 1. The van der Waals surface area contributed by atoms with Crippen molar-refractivity contribution in [1.82, 2.24) is 4.90 Å². The predicted molar refractivity (Wildman–Crippen MR) is 127 cm³/mol. The fourth-order valence-corrected chi connectivity index (χ4v) is 4.63. The number of rotatable bonds is 13. The second-order valence-corrected chi connectivity index (χ2v) is 9.06. The maximum absolute atomic E-state index is 12.7. The lowest BCUT2D eigenvalue weighted by molar-refractivity contribution is -0.145. The Bertz CT molecular complexity index is 761. The number of thiocarbonyl (C=S) groups is 1. The summed E-state index contributed by atoms with van der Waals surface area (Å²) in [6.07, 6.45) is 10.1. The number of benzene rings is 1. The molecular weight excluding hydrogens is 418 g/mol. The van der Waals surface area contributed by atoms with Crippen LogP contribution in [0, 0.1) is 0 Å². The summed E-state index contributed by atoms with van der Waals surface area (Å²) in [5.41, 5.74) is 0.852. The average molecular weight is 450 g/mol. The van der Waals surface area contributed by atoms with Gasteiger partial charge in [-0.25, -0.2) is 4.79 Å². The first kappa shape index (κ1) is 24.4. The van der Waals surface area contributed by atoms with Gasteiger partial charge in [-0.05, 0) is 36.6 Å². The summed E-state index contributed by atoms with van der Waals surface area (Å²) in [7, 11) is 0. The second-order valence-electron chi connectivity index (χ2n) is 7.38. The van der Waals surface area contributed by atoms with Gasteiger partial charge in [0, 0.05) is 0 Å². The van der Waals surface area contributed by atoms with Crippen LogP contribution < -0.4 is 4.74 Å². The van der Waals surface area contributed by atoms with E-state index in [1.54, 1.807) is 6.08 Å². The molecule has 1 amide bonds. The van der Waals surface area contributed by atoms with Gasteiger partial charge in [-0.1, -0.05) is 88.5 Å². The lowest BCUT2D eigenvalue weighted by atomic mass is 10.1. The molecule has 0 saturated carbocycles. The average Bonchev–Trinajstić information content (AvgIpc) is 2.99. The van der Waals surface area contributed by atoms with Crippen molar-refractivity contribution >= 4 is 46.3 Å². The minimum absolute atomic E-state index is 0.297. The number of carboxylic acid groups (broad SMARTS) is 1. The lowest BCUT2D eigenvalue weighted by Crippen LogP contribution is -2.43. The zero-order valence-corrected chi connectivity index (χ0v) is 19.4. The fourth-order valence-electron chi connectivity index (χ4n) is 3.27. The van der Waals surface area contributed by atoms with E-state index in [4.69, 9.17) is 17.0 Å². The Balaban J connectivity index is 1.91. The number of carbonyl (C=O) groups excluding carboxylic acids is 1. The molecule has 0 aliphatic carbocycles. The van der Waals surface area contributed by atoms with Crippen LogP contribution in [0.3, 0.4) is 0 Å². The number of carbonyl (C=O) groups is 2. The molecule has 1 fully saturated rings. The number of aliphatic carboxylic acids is 1. The summed E-state index contributed by atoms with van der Waals surface area (Å²) in [4.78, 5) is 26.0. The van der Waals surface area contributed by atoms with Gasteiger partial charge >= 0.3 is 5.97 Å². The van der Waals surface area contributed by atoms with E-state index in [2.05, 4.69) is 6.92 Å². The molecule has 1 aromatic rings. The molecule has 1 aliphatic heterocycles. The van der Waals surface area contributed by atoms with Crippen molar-refractivity contribution in [2.24, 2.45) is 0 Å². The van der Waals surface area contributed by atoms with Crippen LogP contribution in [0.25, 0.3) is 6.08 Å². The van der Waals surface area contributed by atoms with Crippen LogP contribution in [0.5, 0.6) is 5.75 Å². The van der Waals surface area contributed by atoms with Crippen LogP contribution >= 0.6 is 24.0 Å². The van der Waals surface area contributed by atoms with Crippen molar-refractivity contribution < 1.29 is 19.4 Å². The number of thioether (sulfide) groups is 1. The van der Waals surface area contributed by atoms with Gasteiger partial charge < -0.3 is 9.84 Å². The van der Waals surface area contributed by atoms with Gasteiger partial charge in [0.2, 0.25) is 0 Å². The smallest absolute Gasteiger partial charge is 0.326 e. The topological polar surface area (TPSA) is 66.8 Å². The quantitative estimate of drug-likeness (QED) is 0.230. The van der Waals surface area contributed by atoms with Crippen molar-refractivity contribution in [3.8, 4) is 5.75 Å². The van der Waals surface area contributed by atoms with E-state index in [0.717, 1.165) is 29.5 Å². The van der Waals surface area contributed by atoms with Crippen LogP contribution in [0.4, 0.5) is 0 Å². The highest BCUT2D eigenvalue weighted by molar-refractivity contribution is 8.26. The molecular formula is C23H31NO4S2. The molecule has 0 bridgehead atoms. The third-order valence-electron chi connectivity index (χ3n) is 4.93. The van der Waals surface area contributed by atoms with Crippen molar-refractivity contribution in [3.05, 3.63) is 34.7 Å². The van der Waals surface area contributed by atoms with Gasteiger partial charge in [-0.2, -0.15) is 0 Å². The normalized spacial score (nSPS) is 16.3. The minimum atomic E-state index is -1.03. The molecule has 0 aromatic heterocycles. The van der Waals surface area contributed by atoms with E-state index in [1.165, 1.54) is 37.0 Å². The molecule has 30 heavy (non-hydrogen) atoms.